The first-order valence-electron chi connectivity index (χ1n) is 5.21. The van der Waals surface area contributed by atoms with Gasteiger partial charge in [0.15, 0.2) is 0 Å². The molecule has 1 heteroatoms. The quantitative estimate of drug-likeness (QED) is 0.539. The van der Waals surface area contributed by atoms with Gasteiger partial charge in [0, 0.05) is 11.8 Å². The van der Waals surface area contributed by atoms with E-state index in [0.717, 1.165) is 17.9 Å². The minimum absolute atomic E-state index is 0.994. The van der Waals surface area contributed by atoms with Crippen LogP contribution in [-0.2, 0) is 0 Å². The highest BCUT2D eigenvalue weighted by Gasteiger charge is 2.35. The maximum atomic E-state index is 2.61. The topological polar surface area (TPSA) is 16.6 Å². The zero-order valence-electron chi connectivity index (χ0n) is 7.55. The van der Waals surface area contributed by atoms with Crippen LogP contribution in [0.1, 0.15) is 39.0 Å². The molecule has 11 heavy (non-hydrogen) atoms. The van der Waals surface area contributed by atoms with Gasteiger partial charge in [-0.05, 0) is 25.7 Å². The van der Waals surface area contributed by atoms with Crippen molar-refractivity contribution in [2.45, 2.75) is 45.1 Å². The maximum Gasteiger partial charge on any atom is 0.0913 e. The van der Waals surface area contributed by atoms with Crippen molar-refractivity contribution in [1.82, 2.24) is 0 Å². The zero-order valence-corrected chi connectivity index (χ0v) is 7.55. The Morgan fingerprint density at radius 2 is 1.91 bits per heavy atom. The van der Waals surface area contributed by atoms with E-state index in [2.05, 4.69) is 12.2 Å². The third kappa shape index (κ3) is 1.44. The second-order valence-corrected chi connectivity index (χ2v) is 4.41. The van der Waals surface area contributed by atoms with E-state index >= 15 is 0 Å². The molecule has 64 valence electrons. The van der Waals surface area contributed by atoms with E-state index in [0.29, 0.717) is 0 Å². The summed E-state index contributed by atoms with van der Waals surface area (Å²) in [4.78, 5) is 0. The van der Waals surface area contributed by atoms with Gasteiger partial charge in [0.25, 0.3) is 0 Å². The third-order valence-corrected chi connectivity index (χ3v) is 3.65. The predicted octanol–water partition coefficient (Wildman–Crippen LogP) is 1.15. The highest BCUT2D eigenvalue weighted by atomic mass is 14.9. The first-order valence-corrected chi connectivity index (χ1v) is 5.21. The van der Waals surface area contributed by atoms with Crippen LogP contribution in [0, 0.1) is 11.8 Å². The van der Waals surface area contributed by atoms with Gasteiger partial charge in [-0.1, -0.05) is 13.3 Å². The third-order valence-electron chi connectivity index (χ3n) is 3.65. The fraction of sp³-hybridized carbons (Fsp3) is 1.00. The Balaban J connectivity index is 1.99. The number of piperidine rings is 1. The van der Waals surface area contributed by atoms with Gasteiger partial charge in [-0.25, -0.2) is 0 Å². The summed E-state index contributed by atoms with van der Waals surface area (Å²) >= 11 is 0. The molecule has 0 unspecified atom stereocenters. The normalized spacial score (nSPS) is 45.0. The summed E-state index contributed by atoms with van der Waals surface area (Å²) in [6.07, 6.45) is 7.48. The average Bonchev–Trinajstić information content (AvgIpc) is 2.06. The summed E-state index contributed by atoms with van der Waals surface area (Å²) in [5.41, 5.74) is 0. The van der Waals surface area contributed by atoms with Crippen LogP contribution in [0.4, 0.5) is 0 Å². The fourth-order valence-corrected chi connectivity index (χ4v) is 3.00. The Bertz CT molecular complexity index is 131. The van der Waals surface area contributed by atoms with E-state index in [4.69, 9.17) is 0 Å². The predicted molar refractivity (Wildman–Crippen MR) is 46.3 cm³/mol. The van der Waals surface area contributed by atoms with Crippen molar-refractivity contribution in [2.75, 3.05) is 6.54 Å². The molecule has 0 radical (unpaired) electrons. The number of quaternary nitrogens is 1. The molecule has 1 saturated carbocycles. The second kappa shape index (κ2) is 3.14. The van der Waals surface area contributed by atoms with Crippen LogP contribution in [0.5, 0.6) is 0 Å². The summed E-state index contributed by atoms with van der Waals surface area (Å²) in [6, 6.07) is 0.998. The minimum atomic E-state index is 0.994. The Morgan fingerprint density at radius 1 is 1.09 bits per heavy atom. The first-order chi connectivity index (χ1) is 5.38. The standard InChI is InChI=1S/C10H19N/c1-8-4-2-5-9-6-3-7-11-10(8)9/h8-11H,2-7H2,1H3/p+1/t8-,9-,10+/m0/s1. The molecule has 1 nitrogen and oxygen atoms in total. The van der Waals surface area contributed by atoms with Crippen molar-refractivity contribution >= 4 is 0 Å². The van der Waals surface area contributed by atoms with Crippen LogP contribution in [0.15, 0.2) is 0 Å². The lowest BCUT2D eigenvalue weighted by Gasteiger charge is -2.37. The van der Waals surface area contributed by atoms with Crippen LogP contribution in [0.2, 0.25) is 0 Å². The lowest BCUT2D eigenvalue weighted by molar-refractivity contribution is -0.713. The summed E-state index contributed by atoms with van der Waals surface area (Å²) < 4.78 is 0. The Hall–Kier alpha value is -0.0400. The Kier molecular flexibility index (Phi) is 2.17. The Morgan fingerprint density at radius 3 is 2.73 bits per heavy atom. The fourth-order valence-electron chi connectivity index (χ4n) is 3.00. The van der Waals surface area contributed by atoms with Gasteiger partial charge in [-0.15, -0.1) is 0 Å². The molecule has 0 amide bonds. The molecule has 0 bridgehead atoms. The SMILES string of the molecule is C[C@H]1CCC[C@H]2CCC[NH2+][C@@H]21. The highest BCUT2D eigenvalue weighted by Crippen LogP contribution is 2.31. The van der Waals surface area contributed by atoms with Crippen molar-refractivity contribution in [1.29, 1.82) is 0 Å². The molecule has 0 aromatic rings. The molecule has 2 fully saturated rings. The van der Waals surface area contributed by atoms with Crippen molar-refractivity contribution in [3.8, 4) is 0 Å². The van der Waals surface area contributed by atoms with Crippen LogP contribution < -0.4 is 5.32 Å². The molecular formula is C10H20N+. The monoisotopic (exact) mass is 154 g/mol. The van der Waals surface area contributed by atoms with Crippen LogP contribution in [-0.4, -0.2) is 12.6 Å². The van der Waals surface area contributed by atoms with Crippen molar-refractivity contribution in [2.24, 2.45) is 11.8 Å². The van der Waals surface area contributed by atoms with E-state index in [1.165, 1.54) is 38.6 Å². The second-order valence-electron chi connectivity index (χ2n) is 4.41. The number of hydrogen-bond acceptors (Lipinski definition) is 0. The molecule has 0 aromatic carbocycles. The molecule has 0 spiro atoms. The molecule has 2 N–H and O–H groups in total. The van der Waals surface area contributed by atoms with Gasteiger partial charge in [0.2, 0.25) is 0 Å². The molecule has 1 heterocycles. The molecule has 1 aliphatic carbocycles. The van der Waals surface area contributed by atoms with Crippen molar-refractivity contribution < 1.29 is 5.32 Å². The molecule has 2 rings (SSSR count). The van der Waals surface area contributed by atoms with Gasteiger partial charge in [-0.2, -0.15) is 0 Å². The number of hydrogen-bond donors (Lipinski definition) is 1. The minimum Gasteiger partial charge on any atom is -0.343 e. The van der Waals surface area contributed by atoms with Crippen molar-refractivity contribution in [3.63, 3.8) is 0 Å². The van der Waals surface area contributed by atoms with E-state index in [1.54, 1.807) is 0 Å². The molecule has 1 saturated heterocycles. The lowest BCUT2D eigenvalue weighted by Crippen LogP contribution is -2.94. The van der Waals surface area contributed by atoms with Gasteiger partial charge < -0.3 is 5.32 Å². The summed E-state index contributed by atoms with van der Waals surface area (Å²) in [5, 5.41) is 2.61. The number of nitrogens with two attached hydrogens (primary N) is 1. The van der Waals surface area contributed by atoms with Gasteiger partial charge in [-0.3, -0.25) is 0 Å². The summed E-state index contributed by atoms with van der Waals surface area (Å²) in [6.45, 7) is 3.84. The lowest BCUT2D eigenvalue weighted by atomic mass is 9.74. The van der Waals surface area contributed by atoms with Crippen LogP contribution in [0.3, 0.4) is 0 Å². The molecule has 2 aliphatic rings. The number of fused-ring (bicyclic) bond motifs is 1. The average molecular weight is 154 g/mol. The molecule has 1 aliphatic heterocycles. The van der Waals surface area contributed by atoms with Crippen molar-refractivity contribution in [3.05, 3.63) is 0 Å². The zero-order chi connectivity index (χ0) is 7.68. The molecule has 3 atom stereocenters. The first kappa shape index (κ1) is 7.60. The largest absolute Gasteiger partial charge is 0.343 e. The molecule has 0 aromatic heterocycles. The van der Waals surface area contributed by atoms with Gasteiger partial charge >= 0.3 is 0 Å². The van der Waals surface area contributed by atoms with Crippen LogP contribution in [0.25, 0.3) is 0 Å². The summed E-state index contributed by atoms with van der Waals surface area (Å²) in [7, 11) is 0. The number of rotatable bonds is 0. The smallest absolute Gasteiger partial charge is 0.0913 e. The van der Waals surface area contributed by atoms with Gasteiger partial charge in [0.05, 0.1) is 12.6 Å². The summed E-state index contributed by atoms with van der Waals surface area (Å²) in [5.74, 6) is 2.07. The Labute approximate surface area is 69.6 Å². The van der Waals surface area contributed by atoms with Gasteiger partial charge in [0.1, 0.15) is 0 Å². The van der Waals surface area contributed by atoms with Crippen LogP contribution >= 0.6 is 0 Å². The van der Waals surface area contributed by atoms with E-state index in [-0.39, 0.29) is 0 Å². The highest BCUT2D eigenvalue weighted by molar-refractivity contribution is 4.80. The van der Waals surface area contributed by atoms with E-state index < -0.39 is 0 Å². The maximum absolute atomic E-state index is 2.61. The molecular weight excluding hydrogens is 134 g/mol. The van der Waals surface area contributed by atoms with E-state index in [9.17, 15) is 0 Å². The van der Waals surface area contributed by atoms with E-state index in [1.807, 2.05) is 0 Å².